The Morgan fingerprint density at radius 3 is 2.62 bits per heavy atom. The van der Waals surface area contributed by atoms with Crippen LogP contribution in [0.1, 0.15) is 41.7 Å². The molecule has 1 saturated carbocycles. The van der Waals surface area contributed by atoms with Crippen LogP contribution in [-0.4, -0.2) is 45.9 Å². The fraction of sp³-hybridized carbons (Fsp3) is 0.450. The van der Waals surface area contributed by atoms with Gasteiger partial charge in [0.05, 0.1) is 10.6 Å². The summed E-state index contributed by atoms with van der Waals surface area (Å²) < 4.78 is 38.4. The van der Waals surface area contributed by atoms with Crippen molar-refractivity contribution in [3.8, 4) is 0 Å². The Labute approximate surface area is 186 Å². The van der Waals surface area contributed by atoms with E-state index in [0.717, 1.165) is 31.5 Å². The lowest BCUT2D eigenvalue weighted by Gasteiger charge is -2.23. The van der Waals surface area contributed by atoms with Gasteiger partial charge in [0.2, 0.25) is 11.9 Å². The van der Waals surface area contributed by atoms with Crippen molar-refractivity contribution in [1.29, 1.82) is 0 Å². The molecule has 0 unspecified atom stereocenters. The van der Waals surface area contributed by atoms with E-state index in [9.17, 15) is 22.8 Å². The molecule has 2 aromatic rings. The molecule has 0 radical (unpaired) electrons. The number of carbonyl (C=O) groups excluding carboxylic acids is 2. The molecule has 3 heterocycles. The number of hydrogen-bond donors (Lipinski definition) is 2. The van der Waals surface area contributed by atoms with Crippen LogP contribution in [0.5, 0.6) is 0 Å². The summed E-state index contributed by atoms with van der Waals surface area (Å²) >= 11 is 6.02. The topological polar surface area (TPSA) is 100 Å². The molecule has 1 aliphatic carbocycles. The molecule has 4 rings (SSSR count). The highest BCUT2D eigenvalue weighted by molar-refractivity contribution is 6.33. The van der Waals surface area contributed by atoms with Crippen LogP contribution in [-0.2, 0) is 11.0 Å². The monoisotopic (exact) mass is 468 g/mol. The first-order valence-corrected chi connectivity index (χ1v) is 10.5. The number of amides is 2. The van der Waals surface area contributed by atoms with E-state index in [4.69, 9.17) is 11.6 Å². The summed E-state index contributed by atoms with van der Waals surface area (Å²) in [7, 11) is 0. The molecule has 2 amide bonds. The van der Waals surface area contributed by atoms with Crippen LogP contribution in [0, 0.1) is 5.92 Å². The van der Waals surface area contributed by atoms with Crippen molar-refractivity contribution in [2.75, 3.05) is 23.3 Å². The smallest absolute Gasteiger partial charge is 0.353 e. The van der Waals surface area contributed by atoms with Gasteiger partial charge in [-0.15, -0.1) is 0 Å². The molecule has 2 N–H and O–H groups in total. The van der Waals surface area contributed by atoms with Crippen LogP contribution in [0.25, 0.3) is 0 Å². The quantitative estimate of drug-likeness (QED) is 0.698. The van der Waals surface area contributed by atoms with E-state index >= 15 is 0 Å². The van der Waals surface area contributed by atoms with E-state index in [1.165, 1.54) is 12.3 Å². The summed E-state index contributed by atoms with van der Waals surface area (Å²) in [6, 6.07) is 2.01. The molecule has 12 heteroatoms. The first-order chi connectivity index (χ1) is 15.2. The van der Waals surface area contributed by atoms with Gasteiger partial charge >= 0.3 is 6.18 Å². The van der Waals surface area contributed by atoms with E-state index in [1.807, 2.05) is 0 Å². The molecular weight excluding hydrogens is 449 g/mol. The number of pyridine rings is 1. The maximum Gasteiger partial charge on any atom is 0.417 e. The molecular formula is C20H20ClF3N6O2. The Kier molecular flexibility index (Phi) is 6.18. The number of halogens is 4. The molecule has 0 aromatic carbocycles. The van der Waals surface area contributed by atoms with Crippen molar-refractivity contribution in [3.63, 3.8) is 0 Å². The molecule has 32 heavy (non-hydrogen) atoms. The molecule has 1 atom stereocenters. The Balaban J connectivity index is 1.36. The van der Waals surface area contributed by atoms with Crippen LogP contribution in [0.2, 0.25) is 5.02 Å². The number of nitrogens with zero attached hydrogens (tertiary/aromatic N) is 4. The SMILES string of the molecule is O=C(N[C@@H]1CCN(c2ncc(C(F)(F)F)cc2Cl)C1)c1ccnc(NC(=O)C2CCC2)n1. The molecule has 2 fully saturated rings. The highest BCUT2D eigenvalue weighted by Crippen LogP contribution is 2.34. The second-order valence-electron chi connectivity index (χ2n) is 7.81. The van der Waals surface area contributed by atoms with Gasteiger partial charge in [-0.1, -0.05) is 18.0 Å². The summed E-state index contributed by atoms with van der Waals surface area (Å²) in [5, 5.41) is 5.37. The molecule has 2 aliphatic rings. The van der Waals surface area contributed by atoms with E-state index < -0.39 is 17.6 Å². The summed E-state index contributed by atoms with van der Waals surface area (Å²) in [6.07, 6.45) is 0.862. The second-order valence-corrected chi connectivity index (χ2v) is 8.22. The van der Waals surface area contributed by atoms with Gasteiger partial charge in [-0.3, -0.25) is 14.9 Å². The van der Waals surface area contributed by atoms with Gasteiger partial charge in [0.1, 0.15) is 11.5 Å². The van der Waals surface area contributed by atoms with Crippen molar-refractivity contribution in [1.82, 2.24) is 20.3 Å². The van der Waals surface area contributed by atoms with Crippen molar-refractivity contribution < 1.29 is 22.8 Å². The van der Waals surface area contributed by atoms with Gasteiger partial charge in [0, 0.05) is 37.4 Å². The maximum absolute atomic E-state index is 12.8. The zero-order valence-electron chi connectivity index (χ0n) is 16.8. The lowest BCUT2D eigenvalue weighted by atomic mass is 9.85. The predicted octanol–water partition coefficient (Wildman–Crippen LogP) is 3.29. The van der Waals surface area contributed by atoms with Crippen molar-refractivity contribution in [2.45, 2.75) is 37.9 Å². The van der Waals surface area contributed by atoms with Gasteiger partial charge < -0.3 is 10.2 Å². The third kappa shape index (κ3) is 4.93. The maximum atomic E-state index is 12.8. The average Bonchev–Trinajstić information content (AvgIpc) is 3.14. The Morgan fingerprint density at radius 1 is 1.19 bits per heavy atom. The third-order valence-electron chi connectivity index (χ3n) is 5.57. The Hall–Kier alpha value is -2.95. The molecule has 0 spiro atoms. The highest BCUT2D eigenvalue weighted by atomic mass is 35.5. The molecule has 0 bridgehead atoms. The largest absolute Gasteiger partial charge is 0.417 e. The number of anilines is 2. The zero-order valence-corrected chi connectivity index (χ0v) is 17.6. The Morgan fingerprint density at radius 2 is 1.97 bits per heavy atom. The molecule has 2 aromatic heterocycles. The minimum Gasteiger partial charge on any atom is -0.353 e. The van der Waals surface area contributed by atoms with E-state index in [-0.39, 0.29) is 40.3 Å². The summed E-state index contributed by atoms with van der Waals surface area (Å²) in [6.45, 7) is 0.801. The van der Waals surface area contributed by atoms with E-state index in [1.54, 1.807) is 4.90 Å². The fourth-order valence-corrected chi connectivity index (χ4v) is 3.86. The first-order valence-electron chi connectivity index (χ1n) is 10.1. The first kappa shape index (κ1) is 22.3. The van der Waals surface area contributed by atoms with Gasteiger partial charge in [0.25, 0.3) is 5.91 Å². The minimum absolute atomic E-state index is 0.0359. The average molecular weight is 469 g/mol. The van der Waals surface area contributed by atoms with Crippen LogP contribution >= 0.6 is 11.6 Å². The molecule has 1 saturated heterocycles. The van der Waals surface area contributed by atoms with Gasteiger partial charge in [-0.05, 0) is 31.4 Å². The minimum atomic E-state index is -4.52. The standard InChI is InChI=1S/C20H20ClF3N6O2/c21-14-8-12(20(22,23)24)9-26-16(14)30-7-5-13(10-30)27-18(32)15-4-6-25-19(28-15)29-17(31)11-2-1-3-11/h4,6,8-9,11,13H,1-3,5,7,10H2,(H,27,32)(H,25,28,29,31)/t13-/m1/s1. The van der Waals surface area contributed by atoms with Crippen LogP contribution in [0.4, 0.5) is 24.9 Å². The highest BCUT2D eigenvalue weighted by Gasteiger charge is 2.33. The van der Waals surface area contributed by atoms with Crippen LogP contribution in [0.15, 0.2) is 24.5 Å². The van der Waals surface area contributed by atoms with Gasteiger partial charge in [-0.2, -0.15) is 13.2 Å². The van der Waals surface area contributed by atoms with Crippen LogP contribution < -0.4 is 15.5 Å². The van der Waals surface area contributed by atoms with E-state index in [0.29, 0.717) is 19.5 Å². The summed E-state index contributed by atoms with van der Waals surface area (Å²) in [4.78, 5) is 38.3. The number of aromatic nitrogens is 3. The second kappa shape index (κ2) is 8.89. The number of alkyl halides is 3. The Bertz CT molecular complexity index is 1030. The lowest BCUT2D eigenvalue weighted by molar-refractivity contribution is -0.137. The molecule has 8 nitrogen and oxygen atoms in total. The predicted molar refractivity (Wildman–Crippen MR) is 110 cm³/mol. The number of hydrogen-bond acceptors (Lipinski definition) is 6. The number of nitrogens with one attached hydrogen (secondary N) is 2. The van der Waals surface area contributed by atoms with Crippen molar-refractivity contribution >= 4 is 35.2 Å². The van der Waals surface area contributed by atoms with Crippen LogP contribution in [0.3, 0.4) is 0 Å². The normalized spacial score (nSPS) is 18.9. The zero-order chi connectivity index (χ0) is 22.9. The summed E-state index contributed by atoms with van der Waals surface area (Å²) in [5.74, 6) is -0.319. The molecule has 170 valence electrons. The molecule has 1 aliphatic heterocycles. The van der Waals surface area contributed by atoms with Crippen molar-refractivity contribution in [3.05, 3.63) is 40.8 Å². The van der Waals surface area contributed by atoms with E-state index in [2.05, 4.69) is 25.6 Å². The number of carbonyl (C=O) groups is 2. The summed E-state index contributed by atoms with van der Waals surface area (Å²) in [5.41, 5.74) is -0.813. The fourth-order valence-electron chi connectivity index (χ4n) is 3.58. The van der Waals surface area contributed by atoms with Crippen molar-refractivity contribution in [2.24, 2.45) is 5.92 Å². The van der Waals surface area contributed by atoms with Gasteiger partial charge in [0.15, 0.2) is 0 Å². The number of rotatable bonds is 5. The third-order valence-corrected chi connectivity index (χ3v) is 5.85. The lowest BCUT2D eigenvalue weighted by Crippen LogP contribution is -2.38. The van der Waals surface area contributed by atoms with Gasteiger partial charge in [-0.25, -0.2) is 15.0 Å².